The van der Waals surface area contributed by atoms with Gasteiger partial charge in [0.2, 0.25) is 5.88 Å². The van der Waals surface area contributed by atoms with Crippen LogP contribution in [0.15, 0.2) is 42.6 Å². The van der Waals surface area contributed by atoms with Crippen molar-refractivity contribution in [3.8, 4) is 17.6 Å². The van der Waals surface area contributed by atoms with Gasteiger partial charge in [0.15, 0.2) is 5.69 Å². The number of hydrogen-bond donors (Lipinski definition) is 0. The summed E-state index contributed by atoms with van der Waals surface area (Å²) < 4.78 is 17.3. The Bertz CT molecular complexity index is 922. The molecule has 8 heteroatoms. The van der Waals surface area contributed by atoms with Crippen LogP contribution in [0.5, 0.6) is 11.6 Å². The molecule has 0 aliphatic heterocycles. The van der Waals surface area contributed by atoms with Gasteiger partial charge in [0.25, 0.3) is 5.95 Å². The van der Waals surface area contributed by atoms with Gasteiger partial charge in [-0.3, -0.25) is 0 Å². The summed E-state index contributed by atoms with van der Waals surface area (Å²) in [6.45, 7) is 4.22. The predicted octanol–water partition coefficient (Wildman–Crippen LogP) is 2.74. The van der Waals surface area contributed by atoms with E-state index in [-0.39, 0.29) is 12.3 Å². The largest absolute Gasteiger partial charge is 0.497 e. The number of carbonyl (C=O) groups excluding carboxylic acids is 1. The number of hydrogen-bond acceptors (Lipinski definition) is 7. The minimum absolute atomic E-state index is 0.197. The molecule has 0 spiro atoms. The number of rotatable bonds is 7. The number of methoxy groups -OCH3 is 1. The van der Waals surface area contributed by atoms with Crippen molar-refractivity contribution in [2.45, 2.75) is 20.5 Å². The summed E-state index contributed by atoms with van der Waals surface area (Å²) in [7, 11) is 1.62. The third kappa shape index (κ3) is 4.60. The van der Waals surface area contributed by atoms with E-state index in [9.17, 15) is 4.79 Å². The highest BCUT2D eigenvalue weighted by atomic mass is 16.5. The Labute approximate surface area is 156 Å². The fourth-order valence-corrected chi connectivity index (χ4v) is 2.33. The monoisotopic (exact) mass is 368 g/mol. The Morgan fingerprint density at radius 1 is 1.15 bits per heavy atom. The van der Waals surface area contributed by atoms with Crippen molar-refractivity contribution in [1.82, 2.24) is 19.7 Å². The fraction of sp³-hybridized carbons (Fsp3) is 0.263. The molecule has 2 aromatic heterocycles. The van der Waals surface area contributed by atoms with Gasteiger partial charge in [-0.15, -0.1) is 0 Å². The number of nitrogens with zero attached hydrogens (tertiary/aromatic N) is 4. The lowest BCUT2D eigenvalue weighted by atomic mass is 10.2. The summed E-state index contributed by atoms with van der Waals surface area (Å²) in [5.41, 5.74) is 1.90. The zero-order chi connectivity index (χ0) is 19.2. The Balaban J connectivity index is 1.74. The van der Waals surface area contributed by atoms with Gasteiger partial charge >= 0.3 is 5.97 Å². The average molecular weight is 368 g/mol. The molecule has 0 saturated carbocycles. The molecule has 0 N–H and O–H groups in total. The van der Waals surface area contributed by atoms with E-state index in [4.69, 9.17) is 14.2 Å². The fourth-order valence-electron chi connectivity index (χ4n) is 2.33. The molecule has 0 bridgehead atoms. The summed E-state index contributed by atoms with van der Waals surface area (Å²) in [6.07, 6.45) is 1.61. The highest BCUT2D eigenvalue weighted by Gasteiger charge is 2.13. The molecule has 0 atom stereocenters. The van der Waals surface area contributed by atoms with Crippen LogP contribution in [0, 0.1) is 6.92 Å². The molecular formula is C19H20N4O4. The summed E-state index contributed by atoms with van der Waals surface area (Å²) in [6, 6.07) is 10.9. The van der Waals surface area contributed by atoms with Gasteiger partial charge in [-0.1, -0.05) is 12.1 Å². The van der Waals surface area contributed by atoms with Gasteiger partial charge in [0.1, 0.15) is 12.4 Å². The lowest BCUT2D eigenvalue weighted by molar-refractivity contribution is 0.0519. The van der Waals surface area contributed by atoms with Crippen LogP contribution in [0.2, 0.25) is 0 Å². The first-order valence-corrected chi connectivity index (χ1v) is 8.43. The van der Waals surface area contributed by atoms with Crippen molar-refractivity contribution < 1.29 is 19.0 Å². The molecule has 0 aliphatic rings. The van der Waals surface area contributed by atoms with Gasteiger partial charge in [0.05, 0.1) is 13.7 Å². The predicted molar refractivity (Wildman–Crippen MR) is 97.2 cm³/mol. The molecule has 0 saturated heterocycles. The second-order valence-corrected chi connectivity index (χ2v) is 5.65. The Morgan fingerprint density at radius 2 is 1.93 bits per heavy atom. The van der Waals surface area contributed by atoms with Crippen molar-refractivity contribution in [3.63, 3.8) is 0 Å². The topological polar surface area (TPSA) is 88.4 Å². The molecule has 0 aliphatic carbocycles. The number of esters is 1. The van der Waals surface area contributed by atoms with Gasteiger partial charge in [-0.05, 0) is 37.6 Å². The van der Waals surface area contributed by atoms with Crippen molar-refractivity contribution >= 4 is 5.97 Å². The van der Waals surface area contributed by atoms with Crippen LogP contribution in [0.3, 0.4) is 0 Å². The van der Waals surface area contributed by atoms with Gasteiger partial charge in [-0.25, -0.2) is 14.5 Å². The first kappa shape index (κ1) is 18.4. The standard InChI is InChI=1S/C19H20N4O4/c1-4-26-18(24)16-9-10-23(22-16)19-20-13(2)11-17(21-19)27-12-14-5-7-15(25-3)8-6-14/h5-11H,4,12H2,1-3H3. The maximum atomic E-state index is 11.8. The number of aromatic nitrogens is 4. The second kappa shape index (κ2) is 8.31. The molecule has 2 heterocycles. The Hall–Kier alpha value is -3.42. The van der Waals surface area contributed by atoms with Crippen molar-refractivity contribution in [1.29, 1.82) is 0 Å². The summed E-state index contributed by atoms with van der Waals surface area (Å²) >= 11 is 0. The molecule has 0 fully saturated rings. The molecule has 0 radical (unpaired) electrons. The van der Waals surface area contributed by atoms with Crippen LogP contribution in [0.1, 0.15) is 28.7 Å². The summed E-state index contributed by atoms with van der Waals surface area (Å²) in [5, 5.41) is 4.17. The maximum Gasteiger partial charge on any atom is 0.358 e. The van der Waals surface area contributed by atoms with Crippen molar-refractivity contribution in [3.05, 3.63) is 59.5 Å². The molecule has 8 nitrogen and oxygen atoms in total. The van der Waals surface area contributed by atoms with Crippen LogP contribution in [0.4, 0.5) is 0 Å². The first-order chi connectivity index (χ1) is 13.1. The normalized spacial score (nSPS) is 10.5. The zero-order valence-corrected chi connectivity index (χ0v) is 15.4. The quantitative estimate of drug-likeness (QED) is 0.593. The van der Waals surface area contributed by atoms with Crippen LogP contribution in [-0.4, -0.2) is 39.4 Å². The van der Waals surface area contributed by atoms with E-state index in [2.05, 4.69) is 15.1 Å². The van der Waals surface area contributed by atoms with E-state index in [1.807, 2.05) is 31.2 Å². The number of benzene rings is 1. The average Bonchev–Trinajstić information content (AvgIpc) is 3.17. The van der Waals surface area contributed by atoms with Gasteiger partial charge < -0.3 is 14.2 Å². The van der Waals surface area contributed by atoms with Crippen LogP contribution in [-0.2, 0) is 11.3 Å². The van der Waals surface area contributed by atoms with Crippen molar-refractivity contribution in [2.24, 2.45) is 0 Å². The van der Waals surface area contributed by atoms with Gasteiger partial charge in [-0.2, -0.15) is 10.1 Å². The number of aryl methyl sites for hydroxylation is 1. The molecule has 1 aromatic carbocycles. The Kier molecular flexibility index (Phi) is 5.65. The smallest absolute Gasteiger partial charge is 0.358 e. The summed E-state index contributed by atoms with van der Waals surface area (Å²) in [4.78, 5) is 20.5. The maximum absolute atomic E-state index is 11.8. The van der Waals surface area contributed by atoms with E-state index < -0.39 is 5.97 Å². The molecule has 0 unspecified atom stereocenters. The third-order valence-corrected chi connectivity index (χ3v) is 3.64. The minimum Gasteiger partial charge on any atom is -0.497 e. The second-order valence-electron chi connectivity index (χ2n) is 5.65. The van der Waals surface area contributed by atoms with E-state index >= 15 is 0 Å². The highest BCUT2D eigenvalue weighted by molar-refractivity contribution is 5.87. The lowest BCUT2D eigenvalue weighted by Gasteiger charge is -2.08. The highest BCUT2D eigenvalue weighted by Crippen LogP contribution is 2.16. The molecule has 27 heavy (non-hydrogen) atoms. The Morgan fingerprint density at radius 3 is 2.63 bits per heavy atom. The van der Waals surface area contributed by atoms with E-state index in [1.54, 1.807) is 32.4 Å². The molecule has 3 rings (SSSR count). The zero-order valence-electron chi connectivity index (χ0n) is 15.4. The first-order valence-electron chi connectivity index (χ1n) is 8.43. The molecule has 3 aromatic rings. The van der Waals surface area contributed by atoms with E-state index in [0.29, 0.717) is 18.4 Å². The molecule has 0 amide bonds. The molecular weight excluding hydrogens is 348 g/mol. The third-order valence-electron chi connectivity index (χ3n) is 3.64. The van der Waals surface area contributed by atoms with Gasteiger partial charge in [0, 0.05) is 18.0 Å². The van der Waals surface area contributed by atoms with Crippen LogP contribution in [0.25, 0.3) is 5.95 Å². The minimum atomic E-state index is -0.486. The number of carbonyl (C=O) groups is 1. The van der Waals surface area contributed by atoms with E-state index in [0.717, 1.165) is 17.0 Å². The lowest BCUT2D eigenvalue weighted by Crippen LogP contribution is -2.09. The SMILES string of the molecule is CCOC(=O)c1ccn(-c2nc(C)cc(OCc3ccc(OC)cc3)n2)n1. The number of ether oxygens (including phenoxy) is 3. The van der Waals surface area contributed by atoms with Crippen LogP contribution < -0.4 is 9.47 Å². The van der Waals surface area contributed by atoms with Crippen molar-refractivity contribution in [2.75, 3.05) is 13.7 Å². The summed E-state index contributed by atoms with van der Waals surface area (Å²) in [5.74, 6) is 1.03. The van der Waals surface area contributed by atoms with E-state index in [1.165, 1.54) is 4.68 Å². The van der Waals surface area contributed by atoms with Crippen LogP contribution >= 0.6 is 0 Å². The molecule has 140 valence electrons.